The first-order valence-electron chi connectivity index (χ1n) is 5.67. The van der Waals surface area contributed by atoms with Gasteiger partial charge in [0.25, 0.3) is 5.91 Å². The Morgan fingerprint density at radius 1 is 1.65 bits per heavy atom. The van der Waals surface area contributed by atoms with Crippen molar-refractivity contribution in [1.29, 1.82) is 0 Å². The minimum atomic E-state index is -0.103. The predicted octanol–water partition coefficient (Wildman–Crippen LogP) is -0.310. The Balaban J connectivity index is 2.16. The largest absolute Gasteiger partial charge is 0.381 e. The molecule has 1 aromatic heterocycles. The van der Waals surface area contributed by atoms with Crippen molar-refractivity contribution in [3.05, 3.63) is 17.5 Å². The smallest absolute Gasteiger partial charge is 0.274 e. The standard InChI is InChI=1S/C11H18N4O2/c1-14(2)11(16)10-9(3-12)5-15(13-10)4-8-6-17-7-8/h5,8H,3-4,6-7,12H2,1-2H3. The molecule has 0 atom stereocenters. The third-order valence-corrected chi connectivity index (χ3v) is 2.82. The topological polar surface area (TPSA) is 73.4 Å². The van der Waals surface area contributed by atoms with Crippen LogP contribution in [0.5, 0.6) is 0 Å². The first-order chi connectivity index (χ1) is 8.11. The van der Waals surface area contributed by atoms with E-state index in [1.165, 1.54) is 4.90 Å². The third kappa shape index (κ3) is 2.48. The first-order valence-corrected chi connectivity index (χ1v) is 5.67. The summed E-state index contributed by atoms with van der Waals surface area (Å²) >= 11 is 0. The van der Waals surface area contributed by atoms with Crippen LogP contribution in [0, 0.1) is 5.92 Å². The highest BCUT2D eigenvalue weighted by atomic mass is 16.5. The van der Waals surface area contributed by atoms with Crippen LogP contribution in [-0.4, -0.2) is 47.9 Å². The highest BCUT2D eigenvalue weighted by Crippen LogP contribution is 2.15. The molecule has 1 amide bonds. The zero-order chi connectivity index (χ0) is 12.4. The molecule has 1 aromatic rings. The van der Waals surface area contributed by atoms with Crippen molar-refractivity contribution >= 4 is 5.91 Å². The minimum absolute atomic E-state index is 0.103. The van der Waals surface area contributed by atoms with Crippen LogP contribution in [0.1, 0.15) is 16.1 Å². The molecule has 1 saturated heterocycles. The van der Waals surface area contributed by atoms with Gasteiger partial charge in [0, 0.05) is 44.9 Å². The lowest BCUT2D eigenvalue weighted by Gasteiger charge is -2.25. The molecule has 0 saturated carbocycles. The molecule has 2 N–H and O–H groups in total. The van der Waals surface area contributed by atoms with E-state index in [9.17, 15) is 4.79 Å². The molecule has 17 heavy (non-hydrogen) atoms. The highest BCUT2D eigenvalue weighted by Gasteiger charge is 2.22. The Kier molecular flexibility index (Phi) is 3.44. The third-order valence-electron chi connectivity index (χ3n) is 2.82. The Morgan fingerprint density at radius 2 is 2.35 bits per heavy atom. The van der Waals surface area contributed by atoms with Crippen LogP contribution < -0.4 is 5.73 Å². The van der Waals surface area contributed by atoms with Gasteiger partial charge in [0.2, 0.25) is 0 Å². The highest BCUT2D eigenvalue weighted by molar-refractivity contribution is 5.93. The molecule has 0 aromatic carbocycles. The molecule has 6 nitrogen and oxygen atoms in total. The van der Waals surface area contributed by atoms with Crippen molar-refractivity contribution in [1.82, 2.24) is 14.7 Å². The lowest BCUT2D eigenvalue weighted by molar-refractivity contribution is -0.0408. The van der Waals surface area contributed by atoms with Gasteiger partial charge in [-0.3, -0.25) is 9.48 Å². The van der Waals surface area contributed by atoms with Crippen LogP contribution in [0.2, 0.25) is 0 Å². The molecule has 1 fully saturated rings. The molecular weight excluding hydrogens is 220 g/mol. The molecule has 0 unspecified atom stereocenters. The van der Waals surface area contributed by atoms with E-state index in [2.05, 4.69) is 5.10 Å². The van der Waals surface area contributed by atoms with Gasteiger partial charge in [0.05, 0.1) is 13.2 Å². The maximum atomic E-state index is 11.9. The first kappa shape index (κ1) is 12.1. The molecule has 0 aliphatic carbocycles. The molecule has 0 radical (unpaired) electrons. The van der Waals surface area contributed by atoms with E-state index in [-0.39, 0.29) is 5.91 Å². The molecule has 0 spiro atoms. The summed E-state index contributed by atoms with van der Waals surface area (Å²) in [5.74, 6) is 0.400. The van der Waals surface area contributed by atoms with Crippen molar-refractivity contribution in [2.24, 2.45) is 11.7 Å². The zero-order valence-electron chi connectivity index (χ0n) is 10.2. The number of rotatable bonds is 4. The van der Waals surface area contributed by atoms with Crippen molar-refractivity contribution in [2.45, 2.75) is 13.1 Å². The van der Waals surface area contributed by atoms with E-state index in [0.717, 1.165) is 25.3 Å². The van der Waals surface area contributed by atoms with Gasteiger partial charge in [-0.25, -0.2) is 0 Å². The molecule has 1 aliphatic rings. The number of hydrogen-bond donors (Lipinski definition) is 1. The van der Waals surface area contributed by atoms with Crippen LogP contribution in [-0.2, 0) is 17.8 Å². The molecule has 2 heterocycles. The van der Waals surface area contributed by atoms with Crippen LogP contribution in [0.15, 0.2) is 6.20 Å². The van der Waals surface area contributed by atoms with E-state index < -0.39 is 0 Å². The SMILES string of the molecule is CN(C)C(=O)c1nn(CC2COC2)cc1CN. The maximum absolute atomic E-state index is 11.9. The van der Waals surface area contributed by atoms with Crippen LogP contribution in [0.25, 0.3) is 0 Å². The van der Waals surface area contributed by atoms with Gasteiger partial charge in [-0.05, 0) is 0 Å². The summed E-state index contributed by atoms with van der Waals surface area (Å²) in [5.41, 5.74) is 6.88. The normalized spacial score (nSPS) is 15.7. The minimum Gasteiger partial charge on any atom is -0.381 e. The number of carbonyl (C=O) groups is 1. The van der Waals surface area contributed by atoms with Crippen LogP contribution in [0.3, 0.4) is 0 Å². The van der Waals surface area contributed by atoms with Gasteiger partial charge >= 0.3 is 0 Å². The average Bonchev–Trinajstić information content (AvgIpc) is 2.65. The van der Waals surface area contributed by atoms with Gasteiger partial charge in [0.1, 0.15) is 0 Å². The summed E-state index contributed by atoms with van der Waals surface area (Å²) < 4.78 is 6.91. The average molecular weight is 238 g/mol. The molecule has 2 rings (SSSR count). The Labute approximate surface area is 100 Å². The Morgan fingerprint density at radius 3 is 2.82 bits per heavy atom. The summed E-state index contributed by atoms with van der Waals surface area (Å²) in [7, 11) is 3.42. The lowest BCUT2D eigenvalue weighted by Crippen LogP contribution is -2.31. The van der Waals surface area contributed by atoms with Crippen molar-refractivity contribution in [3.8, 4) is 0 Å². The second kappa shape index (κ2) is 4.85. The Hall–Kier alpha value is -1.40. The second-order valence-electron chi connectivity index (χ2n) is 4.53. The van der Waals surface area contributed by atoms with Crippen LogP contribution in [0.4, 0.5) is 0 Å². The predicted molar refractivity (Wildman–Crippen MR) is 62.4 cm³/mol. The van der Waals surface area contributed by atoms with E-state index in [0.29, 0.717) is 18.2 Å². The van der Waals surface area contributed by atoms with E-state index in [1.54, 1.807) is 18.8 Å². The number of aromatic nitrogens is 2. The number of hydrogen-bond acceptors (Lipinski definition) is 4. The zero-order valence-corrected chi connectivity index (χ0v) is 10.2. The Bertz CT molecular complexity index is 410. The molecule has 6 heteroatoms. The molecule has 0 bridgehead atoms. The van der Waals surface area contributed by atoms with Crippen LogP contribution >= 0.6 is 0 Å². The second-order valence-corrected chi connectivity index (χ2v) is 4.53. The number of ether oxygens (including phenoxy) is 1. The lowest BCUT2D eigenvalue weighted by atomic mass is 10.1. The van der Waals surface area contributed by atoms with Crippen molar-refractivity contribution in [2.75, 3.05) is 27.3 Å². The van der Waals surface area contributed by atoms with E-state index in [4.69, 9.17) is 10.5 Å². The number of nitrogens with two attached hydrogens (primary N) is 1. The van der Waals surface area contributed by atoms with E-state index in [1.807, 2.05) is 6.20 Å². The van der Waals surface area contributed by atoms with Gasteiger partial charge in [-0.15, -0.1) is 0 Å². The summed E-state index contributed by atoms with van der Waals surface area (Å²) in [4.78, 5) is 13.4. The number of amides is 1. The number of carbonyl (C=O) groups excluding carboxylic acids is 1. The summed E-state index contributed by atoms with van der Waals surface area (Å²) in [6.07, 6.45) is 1.86. The molecule has 1 aliphatic heterocycles. The summed E-state index contributed by atoms with van der Waals surface area (Å²) in [6, 6.07) is 0. The molecular formula is C11H18N4O2. The van der Waals surface area contributed by atoms with Gasteiger partial charge in [-0.1, -0.05) is 0 Å². The van der Waals surface area contributed by atoms with Gasteiger partial charge in [-0.2, -0.15) is 5.10 Å². The quantitative estimate of drug-likeness (QED) is 0.781. The summed E-state index contributed by atoms with van der Waals surface area (Å²) in [6.45, 7) is 2.66. The molecule has 94 valence electrons. The number of nitrogens with zero attached hydrogens (tertiary/aromatic N) is 3. The fourth-order valence-corrected chi connectivity index (χ4v) is 1.75. The van der Waals surface area contributed by atoms with Gasteiger partial charge < -0.3 is 15.4 Å². The fraction of sp³-hybridized carbons (Fsp3) is 0.636. The van der Waals surface area contributed by atoms with Gasteiger partial charge in [0.15, 0.2) is 5.69 Å². The fourth-order valence-electron chi connectivity index (χ4n) is 1.75. The van der Waals surface area contributed by atoms with Crippen molar-refractivity contribution in [3.63, 3.8) is 0 Å². The van der Waals surface area contributed by atoms with E-state index >= 15 is 0 Å². The monoisotopic (exact) mass is 238 g/mol. The maximum Gasteiger partial charge on any atom is 0.274 e. The summed E-state index contributed by atoms with van der Waals surface area (Å²) in [5, 5.41) is 4.31. The van der Waals surface area contributed by atoms with Crippen molar-refractivity contribution < 1.29 is 9.53 Å².